The molecule has 1 aliphatic carbocycles. The fraction of sp³-hybridized carbons (Fsp3) is 0.538. The molecule has 0 bridgehead atoms. The van der Waals surface area contributed by atoms with Gasteiger partial charge in [0, 0.05) is 10.5 Å². The molecule has 0 aliphatic heterocycles. The first-order valence-corrected chi connectivity index (χ1v) is 7.10. The zero-order valence-corrected chi connectivity index (χ0v) is 12.1. The van der Waals surface area contributed by atoms with Crippen molar-refractivity contribution in [3.05, 3.63) is 33.0 Å². The summed E-state index contributed by atoms with van der Waals surface area (Å²) < 4.78 is 14.5. The Morgan fingerprint density at radius 2 is 2.24 bits per heavy atom. The van der Waals surface area contributed by atoms with Gasteiger partial charge in [-0.05, 0) is 66.2 Å². The first-order valence-electron chi connectivity index (χ1n) is 5.93. The van der Waals surface area contributed by atoms with Crippen LogP contribution in [0.25, 0.3) is 0 Å². The lowest BCUT2D eigenvalue weighted by atomic mass is 10.0. The fourth-order valence-electron chi connectivity index (χ4n) is 2.18. The summed E-state index contributed by atoms with van der Waals surface area (Å²) >= 11 is 9.09. The Balaban J connectivity index is 2.01. The molecular formula is C13H16BrClFN. The average Bonchev–Trinajstić information content (AvgIpc) is 3.14. The minimum atomic E-state index is -0.285. The Bertz CT molecular complexity index is 407. The Kier molecular flexibility index (Phi) is 4.45. The van der Waals surface area contributed by atoms with Crippen molar-refractivity contribution in [2.24, 2.45) is 5.92 Å². The molecule has 2 rings (SSSR count). The second-order valence-electron chi connectivity index (χ2n) is 4.61. The molecule has 0 radical (unpaired) electrons. The van der Waals surface area contributed by atoms with Crippen LogP contribution in [0.15, 0.2) is 16.6 Å². The summed E-state index contributed by atoms with van der Waals surface area (Å²) in [5.41, 5.74) is 0.708. The zero-order chi connectivity index (χ0) is 12.4. The molecule has 0 amide bonds. The van der Waals surface area contributed by atoms with Crippen molar-refractivity contribution in [1.82, 2.24) is 5.32 Å². The molecule has 0 aromatic heterocycles. The van der Waals surface area contributed by atoms with E-state index in [2.05, 4.69) is 21.2 Å². The summed E-state index contributed by atoms with van der Waals surface area (Å²) in [5, 5.41) is 3.50. The van der Waals surface area contributed by atoms with Gasteiger partial charge in [-0.25, -0.2) is 4.39 Å². The average molecular weight is 321 g/mol. The summed E-state index contributed by atoms with van der Waals surface area (Å²) in [4.78, 5) is 0. The van der Waals surface area contributed by atoms with E-state index in [9.17, 15) is 4.39 Å². The van der Waals surface area contributed by atoms with Crippen LogP contribution < -0.4 is 5.32 Å². The lowest BCUT2D eigenvalue weighted by molar-refractivity contribution is 0.465. The first-order chi connectivity index (χ1) is 8.13. The lowest BCUT2D eigenvalue weighted by Crippen LogP contribution is -2.27. The van der Waals surface area contributed by atoms with Crippen LogP contribution in [0.3, 0.4) is 0 Å². The Hall–Kier alpha value is -0.120. The van der Waals surface area contributed by atoms with E-state index in [0.29, 0.717) is 16.1 Å². The van der Waals surface area contributed by atoms with E-state index in [0.717, 1.165) is 18.8 Å². The first kappa shape index (κ1) is 13.3. The third-order valence-electron chi connectivity index (χ3n) is 3.40. The minimum absolute atomic E-state index is 0.190. The highest BCUT2D eigenvalue weighted by Crippen LogP contribution is 2.35. The molecule has 1 aliphatic rings. The fourth-order valence-corrected chi connectivity index (χ4v) is 2.67. The second-order valence-corrected chi connectivity index (χ2v) is 5.84. The van der Waals surface area contributed by atoms with E-state index in [4.69, 9.17) is 11.6 Å². The van der Waals surface area contributed by atoms with Crippen molar-refractivity contribution in [3.63, 3.8) is 0 Å². The molecule has 1 N–H and O–H groups in total. The third kappa shape index (κ3) is 3.21. The second kappa shape index (κ2) is 5.68. The molecule has 0 spiro atoms. The van der Waals surface area contributed by atoms with Gasteiger partial charge >= 0.3 is 0 Å². The molecule has 1 aromatic carbocycles. The molecule has 1 unspecified atom stereocenters. The lowest BCUT2D eigenvalue weighted by Gasteiger charge is -2.15. The van der Waals surface area contributed by atoms with E-state index in [1.165, 1.54) is 12.8 Å². The van der Waals surface area contributed by atoms with Gasteiger partial charge in [-0.15, -0.1) is 0 Å². The topological polar surface area (TPSA) is 12.0 Å². The van der Waals surface area contributed by atoms with Crippen molar-refractivity contribution in [2.75, 3.05) is 7.05 Å². The molecular weight excluding hydrogens is 305 g/mol. The van der Waals surface area contributed by atoms with Crippen LogP contribution in [0.1, 0.15) is 24.8 Å². The maximum atomic E-state index is 13.9. The van der Waals surface area contributed by atoms with Gasteiger partial charge in [-0.1, -0.05) is 17.7 Å². The van der Waals surface area contributed by atoms with E-state index in [-0.39, 0.29) is 10.8 Å². The number of hydrogen-bond acceptors (Lipinski definition) is 1. The van der Waals surface area contributed by atoms with Gasteiger partial charge in [-0.2, -0.15) is 0 Å². The summed E-state index contributed by atoms with van der Waals surface area (Å²) in [6, 6.07) is 4.13. The van der Waals surface area contributed by atoms with Crippen molar-refractivity contribution in [1.29, 1.82) is 0 Å². The molecule has 1 atom stereocenters. The van der Waals surface area contributed by atoms with E-state index < -0.39 is 0 Å². The number of hydrogen-bond donors (Lipinski definition) is 1. The summed E-state index contributed by atoms with van der Waals surface area (Å²) in [5.74, 6) is 0.501. The number of aryl methyl sites for hydroxylation is 1. The quantitative estimate of drug-likeness (QED) is 0.803. The number of nitrogens with one attached hydrogen (secondary N) is 1. The number of halogens is 3. The Morgan fingerprint density at radius 3 is 2.82 bits per heavy atom. The van der Waals surface area contributed by atoms with Gasteiger partial charge < -0.3 is 5.32 Å². The zero-order valence-electron chi connectivity index (χ0n) is 9.77. The van der Waals surface area contributed by atoms with Gasteiger partial charge in [-0.3, -0.25) is 0 Å². The van der Waals surface area contributed by atoms with Crippen molar-refractivity contribution in [3.8, 4) is 0 Å². The number of benzene rings is 1. The van der Waals surface area contributed by atoms with Crippen LogP contribution >= 0.6 is 27.5 Å². The summed E-state index contributed by atoms with van der Waals surface area (Å²) in [6.45, 7) is 0. The summed E-state index contributed by atoms with van der Waals surface area (Å²) in [6.07, 6.45) is 4.31. The molecule has 1 saturated carbocycles. The van der Waals surface area contributed by atoms with E-state index in [1.54, 1.807) is 0 Å². The minimum Gasteiger partial charge on any atom is -0.317 e. The van der Waals surface area contributed by atoms with Crippen LogP contribution in [-0.2, 0) is 6.42 Å². The van der Waals surface area contributed by atoms with Crippen LogP contribution in [0, 0.1) is 11.7 Å². The van der Waals surface area contributed by atoms with E-state index >= 15 is 0 Å². The maximum absolute atomic E-state index is 13.9. The van der Waals surface area contributed by atoms with Crippen molar-refractivity contribution in [2.45, 2.75) is 31.7 Å². The molecule has 0 saturated heterocycles. The number of rotatable bonds is 5. The third-order valence-corrected chi connectivity index (χ3v) is 4.66. The Morgan fingerprint density at radius 1 is 1.53 bits per heavy atom. The predicted molar refractivity (Wildman–Crippen MR) is 73.0 cm³/mol. The highest BCUT2D eigenvalue weighted by Gasteiger charge is 2.29. The molecule has 94 valence electrons. The van der Waals surface area contributed by atoms with E-state index in [1.807, 2.05) is 19.2 Å². The normalized spacial score (nSPS) is 17.2. The van der Waals surface area contributed by atoms with Gasteiger partial charge in [0.1, 0.15) is 5.82 Å². The van der Waals surface area contributed by atoms with Gasteiger partial charge in [0.2, 0.25) is 0 Å². The molecule has 0 heterocycles. The van der Waals surface area contributed by atoms with Gasteiger partial charge in [0.15, 0.2) is 0 Å². The Labute approximate surface area is 115 Å². The van der Waals surface area contributed by atoms with Crippen molar-refractivity contribution < 1.29 is 4.39 Å². The smallest absolute Gasteiger partial charge is 0.146 e. The standard InChI is InChI=1S/C13H16BrClFN/c1-17-11(8-2-3-8)7-5-9-4-6-10(14)12(15)13(9)16/h4,6,8,11,17H,2-3,5,7H2,1H3. The largest absolute Gasteiger partial charge is 0.317 e. The highest BCUT2D eigenvalue weighted by molar-refractivity contribution is 9.10. The molecule has 1 aromatic rings. The SMILES string of the molecule is CNC(CCc1ccc(Br)c(Cl)c1F)C1CC1. The monoisotopic (exact) mass is 319 g/mol. The maximum Gasteiger partial charge on any atom is 0.146 e. The summed E-state index contributed by atoms with van der Waals surface area (Å²) in [7, 11) is 1.98. The van der Waals surface area contributed by atoms with Crippen LogP contribution in [0.2, 0.25) is 5.02 Å². The molecule has 17 heavy (non-hydrogen) atoms. The van der Waals surface area contributed by atoms with Gasteiger partial charge in [0.25, 0.3) is 0 Å². The molecule has 1 nitrogen and oxygen atoms in total. The molecule has 4 heteroatoms. The van der Waals surface area contributed by atoms with Crippen molar-refractivity contribution >= 4 is 27.5 Å². The predicted octanol–water partition coefficient (Wildman–Crippen LogP) is 4.17. The highest BCUT2D eigenvalue weighted by atomic mass is 79.9. The van der Waals surface area contributed by atoms with Crippen LogP contribution in [0.5, 0.6) is 0 Å². The van der Waals surface area contributed by atoms with Crippen LogP contribution in [0.4, 0.5) is 4.39 Å². The molecule has 1 fully saturated rings. The van der Waals surface area contributed by atoms with Crippen LogP contribution in [-0.4, -0.2) is 13.1 Å². The van der Waals surface area contributed by atoms with Gasteiger partial charge in [0.05, 0.1) is 5.02 Å².